The summed E-state index contributed by atoms with van der Waals surface area (Å²) in [6.07, 6.45) is 2.95. The lowest BCUT2D eigenvalue weighted by Crippen LogP contribution is -2.44. The Bertz CT molecular complexity index is 912. The van der Waals surface area contributed by atoms with E-state index in [0.717, 1.165) is 0 Å². The van der Waals surface area contributed by atoms with Crippen LogP contribution in [0.2, 0.25) is 0 Å². The summed E-state index contributed by atoms with van der Waals surface area (Å²) in [7, 11) is -2.38. The highest BCUT2D eigenvalue weighted by Crippen LogP contribution is 2.29. The van der Waals surface area contributed by atoms with E-state index in [1.807, 2.05) is 0 Å². The molecule has 0 aliphatic heterocycles. The van der Waals surface area contributed by atoms with Crippen molar-refractivity contribution in [3.63, 3.8) is 0 Å². The van der Waals surface area contributed by atoms with Gasteiger partial charge in [0, 0.05) is 25.0 Å². The Morgan fingerprint density at radius 1 is 1.11 bits per heavy atom. The summed E-state index contributed by atoms with van der Waals surface area (Å²) in [6, 6.07) is 8.97. The number of benzene rings is 1. The molecule has 0 aliphatic carbocycles. The van der Waals surface area contributed by atoms with E-state index in [1.54, 1.807) is 38.1 Å². The van der Waals surface area contributed by atoms with Gasteiger partial charge in [0.15, 0.2) is 9.84 Å². The van der Waals surface area contributed by atoms with Crippen molar-refractivity contribution in [2.45, 2.75) is 30.0 Å². The largest absolute Gasteiger partial charge is 0.497 e. The highest BCUT2D eigenvalue weighted by molar-refractivity contribution is 7.91. The summed E-state index contributed by atoms with van der Waals surface area (Å²) in [4.78, 5) is 27.8. The van der Waals surface area contributed by atoms with Gasteiger partial charge in [-0.25, -0.2) is 8.42 Å². The van der Waals surface area contributed by atoms with Gasteiger partial charge in [-0.15, -0.1) is 0 Å². The van der Waals surface area contributed by atoms with Gasteiger partial charge in [0.1, 0.15) is 11.0 Å². The third kappa shape index (κ3) is 5.29. The van der Waals surface area contributed by atoms with Crippen LogP contribution in [0.4, 0.5) is 0 Å². The maximum absolute atomic E-state index is 13.2. The molecule has 2 rings (SSSR count). The first-order valence-electron chi connectivity index (χ1n) is 8.62. The maximum Gasteiger partial charge on any atom is 0.309 e. The topological polar surface area (TPSA) is 114 Å². The first kappa shape index (κ1) is 21.4. The predicted molar refractivity (Wildman–Crippen MR) is 103 cm³/mol. The summed E-state index contributed by atoms with van der Waals surface area (Å²) in [5.41, 5.74) is 0.405. The van der Waals surface area contributed by atoms with E-state index in [1.165, 1.54) is 31.6 Å². The third-order valence-electron chi connectivity index (χ3n) is 3.89. The lowest BCUT2D eigenvalue weighted by Gasteiger charge is -2.19. The minimum absolute atomic E-state index is 0.0723. The molecule has 0 bridgehead atoms. The van der Waals surface area contributed by atoms with Gasteiger partial charge in [0.05, 0.1) is 12.0 Å². The van der Waals surface area contributed by atoms with Crippen LogP contribution in [0.5, 0.6) is 5.75 Å². The van der Waals surface area contributed by atoms with E-state index in [4.69, 9.17) is 4.74 Å². The number of carbonyl (C=O) groups is 2. The summed E-state index contributed by atoms with van der Waals surface area (Å²) in [5.74, 6) is -1.19. The molecule has 1 heterocycles. The molecule has 0 aliphatic rings. The zero-order chi connectivity index (χ0) is 20.7. The quantitative estimate of drug-likeness (QED) is 0.670. The number of hydrogen-bond acceptors (Lipinski definition) is 6. The average molecular weight is 405 g/mol. The van der Waals surface area contributed by atoms with Crippen LogP contribution in [0, 0.1) is 0 Å². The highest BCUT2D eigenvalue weighted by atomic mass is 32.2. The van der Waals surface area contributed by atoms with Crippen LogP contribution in [-0.4, -0.2) is 44.9 Å². The third-order valence-corrected chi connectivity index (χ3v) is 6.01. The predicted octanol–water partition coefficient (Wildman–Crippen LogP) is 1.25. The number of carbonyl (C=O) groups excluding carboxylic acids is 2. The van der Waals surface area contributed by atoms with E-state index < -0.39 is 26.9 Å². The molecule has 9 heteroatoms. The molecule has 0 saturated heterocycles. The Morgan fingerprint density at radius 3 is 2.32 bits per heavy atom. The lowest BCUT2D eigenvalue weighted by atomic mass is 10.2. The summed E-state index contributed by atoms with van der Waals surface area (Å²) in [6.45, 7) is 3.17. The molecule has 0 saturated carbocycles. The van der Waals surface area contributed by atoms with Crippen molar-refractivity contribution in [3.05, 3.63) is 54.4 Å². The van der Waals surface area contributed by atoms with Gasteiger partial charge in [-0.05, 0) is 49.7 Å². The van der Waals surface area contributed by atoms with Crippen molar-refractivity contribution in [1.29, 1.82) is 0 Å². The van der Waals surface area contributed by atoms with E-state index in [0.29, 0.717) is 11.3 Å². The van der Waals surface area contributed by atoms with Crippen LogP contribution < -0.4 is 15.4 Å². The van der Waals surface area contributed by atoms with E-state index >= 15 is 0 Å². The fourth-order valence-corrected chi connectivity index (χ4v) is 4.14. The average Bonchev–Trinajstić information content (AvgIpc) is 2.68. The fraction of sp³-hybridized carbons (Fsp3) is 0.316. The first-order chi connectivity index (χ1) is 13.3. The fourth-order valence-electron chi connectivity index (χ4n) is 2.50. The number of rotatable bonds is 7. The Labute approximate surface area is 164 Å². The van der Waals surface area contributed by atoms with Crippen molar-refractivity contribution >= 4 is 21.7 Å². The van der Waals surface area contributed by atoms with Gasteiger partial charge in [-0.1, -0.05) is 6.07 Å². The van der Waals surface area contributed by atoms with Crippen LogP contribution in [0.15, 0.2) is 53.7 Å². The highest BCUT2D eigenvalue weighted by Gasteiger charge is 2.30. The molecular formula is C19H23N3O5S. The van der Waals surface area contributed by atoms with Crippen molar-refractivity contribution in [3.8, 4) is 5.75 Å². The molecule has 0 fully saturated rings. The Balaban J connectivity index is 2.29. The van der Waals surface area contributed by atoms with Crippen LogP contribution in [0.1, 0.15) is 24.7 Å². The standard InChI is InChI=1S/C19H23N3O5S/c1-13(2)22-19(24)18(23)21-12-17(14-5-4-10-20-11-14)28(25,26)16-8-6-15(27-3)7-9-16/h4-11,13,17H,12H2,1-3H3,(H,21,23)(H,22,24)/t17-/m1/s1. The molecule has 2 amide bonds. The second kappa shape index (κ2) is 9.32. The van der Waals surface area contributed by atoms with Crippen molar-refractivity contribution in [1.82, 2.24) is 15.6 Å². The second-order valence-electron chi connectivity index (χ2n) is 6.33. The molecule has 0 unspecified atom stereocenters. The zero-order valence-electron chi connectivity index (χ0n) is 15.9. The molecule has 8 nitrogen and oxygen atoms in total. The molecule has 0 radical (unpaired) electrons. The Kier molecular flexibility index (Phi) is 7.11. The molecule has 1 aromatic heterocycles. The Hall–Kier alpha value is -2.94. The molecule has 2 N–H and O–H groups in total. The van der Waals surface area contributed by atoms with Gasteiger partial charge >= 0.3 is 11.8 Å². The van der Waals surface area contributed by atoms with Gasteiger partial charge in [0.25, 0.3) is 0 Å². The van der Waals surface area contributed by atoms with Crippen LogP contribution in [-0.2, 0) is 19.4 Å². The van der Waals surface area contributed by atoms with Gasteiger partial charge in [0.2, 0.25) is 0 Å². The van der Waals surface area contributed by atoms with Crippen molar-refractivity contribution in [2.24, 2.45) is 0 Å². The normalized spacial score (nSPS) is 12.3. The number of amides is 2. The minimum atomic E-state index is -3.87. The molecule has 0 spiro atoms. The molecular weight excluding hydrogens is 382 g/mol. The molecule has 1 atom stereocenters. The summed E-state index contributed by atoms with van der Waals surface area (Å²) >= 11 is 0. The number of aromatic nitrogens is 1. The van der Waals surface area contributed by atoms with E-state index in [-0.39, 0.29) is 17.5 Å². The van der Waals surface area contributed by atoms with Crippen molar-refractivity contribution in [2.75, 3.05) is 13.7 Å². The molecule has 28 heavy (non-hydrogen) atoms. The lowest BCUT2D eigenvalue weighted by molar-refractivity contribution is -0.139. The van der Waals surface area contributed by atoms with Gasteiger partial charge in [-0.3, -0.25) is 14.6 Å². The van der Waals surface area contributed by atoms with E-state index in [9.17, 15) is 18.0 Å². The number of nitrogens with zero attached hydrogens (tertiary/aromatic N) is 1. The SMILES string of the molecule is COc1ccc(S(=O)(=O)[C@H](CNC(=O)C(=O)NC(C)C)c2cccnc2)cc1. The molecule has 2 aromatic rings. The van der Waals surface area contributed by atoms with Gasteiger partial charge < -0.3 is 15.4 Å². The maximum atomic E-state index is 13.2. The van der Waals surface area contributed by atoms with Gasteiger partial charge in [-0.2, -0.15) is 0 Å². The second-order valence-corrected chi connectivity index (χ2v) is 8.46. The van der Waals surface area contributed by atoms with E-state index in [2.05, 4.69) is 15.6 Å². The number of methoxy groups -OCH3 is 1. The number of hydrogen-bond donors (Lipinski definition) is 2. The molecule has 150 valence electrons. The number of sulfone groups is 1. The Morgan fingerprint density at radius 2 is 1.79 bits per heavy atom. The number of nitrogens with one attached hydrogen (secondary N) is 2. The zero-order valence-corrected chi connectivity index (χ0v) is 16.7. The van der Waals surface area contributed by atoms with Crippen LogP contribution in [0.3, 0.4) is 0 Å². The van der Waals surface area contributed by atoms with Crippen LogP contribution in [0.25, 0.3) is 0 Å². The number of ether oxygens (including phenoxy) is 1. The first-order valence-corrected chi connectivity index (χ1v) is 10.2. The summed E-state index contributed by atoms with van der Waals surface area (Å²) < 4.78 is 31.4. The van der Waals surface area contributed by atoms with Crippen molar-refractivity contribution < 1.29 is 22.7 Å². The minimum Gasteiger partial charge on any atom is -0.497 e. The molecule has 1 aromatic carbocycles. The smallest absolute Gasteiger partial charge is 0.309 e. The van der Waals surface area contributed by atoms with Crippen LogP contribution >= 0.6 is 0 Å². The summed E-state index contributed by atoms with van der Waals surface area (Å²) in [5, 5.41) is 3.76. The number of pyridine rings is 1. The monoisotopic (exact) mass is 405 g/mol.